The minimum Gasteiger partial charge on any atom is -0.466 e. The Morgan fingerprint density at radius 3 is 1.85 bits per heavy atom. The third-order valence-corrected chi connectivity index (χ3v) is 5.44. The number of nitrogens with zero attached hydrogens (tertiary/aromatic N) is 1. The van der Waals surface area contributed by atoms with Gasteiger partial charge in [0.25, 0.3) is 0 Å². The molecule has 0 spiro atoms. The van der Waals surface area contributed by atoms with Gasteiger partial charge in [0.1, 0.15) is 5.57 Å². The fraction of sp³-hybridized carbons (Fsp3) is 0.412. The summed E-state index contributed by atoms with van der Waals surface area (Å²) >= 11 is 0.998. The number of thioether (sulfide) groups is 1. The maximum absolute atomic E-state index is 12.8. The first-order valence-electron chi connectivity index (χ1n) is 7.67. The van der Waals surface area contributed by atoms with Crippen molar-refractivity contribution in [2.24, 2.45) is 0 Å². The first kappa shape index (κ1) is 20.6. The van der Waals surface area contributed by atoms with Gasteiger partial charge >= 0.3 is 23.9 Å². The summed E-state index contributed by atoms with van der Waals surface area (Å²) in [5, 5.41) is 0. The van der Waals surface area contributed by atoms with Crippen LogP contribution < -0.4 is 0 Å². The van der Waals surface area contributed by atoms with E-state index >= 15 is 0 Å². The van der Waals surface area contributed by atoms with Crippen molar-refractivity contribution in [3.63, 3.8) is 0 Å². The van der Waals surface area contributed by atoms with E-state index in [2.05, 4.69) is 0 Å². The van der Waals surface area contributed by atoms with Gasteiger partial charge in [-0.15, -0.1) is 0 Å². The molecule has 0 aromatic rings. The maximum Gasteiger partial charge on any atom is 0.348 e. The Kier molecular flexibility index (Phi) is 5.69. The fourth-order valence-electron chi connectivity index (χ4n) is 3.06. The second kappa shape index (κ2) is 7.47. The number of carbonyl (C=O) groups is 4. The average molecular weight is 397 g/mol. The highest BCUT2D eigenvalue weighted by molar-refractivity contribution is 8.05. The summed E-state index contributed by atoms with van der Waals surface area (Å²) in [7, 11) is 4.49. The van der Waals surface area contributed by atoms with E-state index in [1.165, 1.54) is 11.8 Å². The fourth-order valence-corrected chi connectivity index (χ4v) is 4.43. The van der Waals surface area contributed by atoms with Crippen molar-refractivity contribution in [1.29, 1.82) is 0 Å². The largest absolute Gasteiger partial charge is 0.466 e. The topological polar surface area (TPSA) is 108 Å². The zero-order valence-corrected chi connectivity index (χ0v) is 16.5. The van der Waals surface area contributed by atoms with Crippen LogP contribution in [0.2, 0.25) is 0 Å². The molecule has 0 aromatic carbocycles. The van der Waals surface area contributed by atoms with Gasteiger partial charge in [0.15, 0.2) is 0 Å². The number of methoxy groups -OCH3 is 4. The predicted molar refractivity (Wildman–Crippen MR) is 93.7 cm³/mol. The van der Waals surface area contributed by atoms with Gasteiger partial charge in [0, 0.05) is 16.8 Å². The highest BCUT2D eigenvalue weighted by Gasteiger charge is 2.61. The average Bonchev–Trinajstić information content (AvgIpc) is 3.03. The highest BCUT2D eigenvalue weighted by Crippen LogP contribution is 2.54. The molecule has 2 aliphatic rings. The normalized spacial score (nSPS) is 21.4. The molecule has 146 valence electrons. The van der Waals surface area contributed by atoms with Crippen LogP contribution in [0.1, 0.15) is 13.8 Å². The molecule has 0 amide bonds. The molecular weight excluding hydrogens is 378 g/mol. The Hall–Kier alpha value is -2.75. The number of fused-ring (bicyclic) bond motifs is 1. The highest BCUT2D eigenvalue weighted by atomic mass is 32.2. The molecule has 9 nitrogen and oxygen atoms in total. The Labute approximate surface area is 159 Å². The number of rotatable bonds is 4. The molecule has 0 saturated carbocycles. The zero-order valence-electron chi connectivity index (χ0n) is 15.7. The molecule has 1 unspecified atom stereocenters. The van der Waals surface area contributed by atoms with Crippen molar-refractivity contribution in [3.05, 3.63) is 33.5 Å². The third kappa shape index (κ3) is 2.89. The van der Waals surface area contributed by atoms with Crippen molar-refractivity contribution in [1.82, 2.24) is 4.90 Å². The summed E-state index contributed by atoms with van der Waals surface area (Å²) in [6, 6.07) is 0. The van der Waals surface area contributed by atoms with Crippen molar-refractivity contribution in [2.45, 2.75) is 18.7 Å². The number of ether oxygens (including phenoxy) is 4. The summed E-state index contributed by atoms with van der Waals surface area (Å²) in [5.74, 6) is -3.64. The van der Waals surface area contributed by atoms with Crippen LogP contribution in [0.15, 0.2) is 33.5 Å². The minimum absolute atomic E-state index is 0.198. The van der Waals surface area contributed by atoms with Gasteiger partial charge in [-0.25, -0.2) is 19.2 Å². The summed E-state index contributed by atoms with van der Waals surface area (Å²) in [6.07, 6.45) is 1.58. The quantitative estimate of drug-likeness (QED) is 0.501. The van der Waals surface area contributed by atoms with Crippen LogP contribution in [0.3, 0.4) is 0 Å². The molecule has 2 aliphatic heterocycles. The Morgan fingerprint density at radius 2 is 1.37 bits per heavy atom. The van der Waals surface area contributed by atoms with Gasteiger partial charge in [-0.3, -0.25) is 0 Å². The summed E-state index contributed by atoms with van der Waals surface area (Å²) in [5.41, 5.74) is -0.737. The standard InChI is InChI=1S/C17H19NO8S/c1-8-7-18-9(2)10(13(19)23-3)11(14(20)24-4)12(15(21)25-5)17(18,27-8)16(22)26-6/h7H,1-6H3. The minimum atomic E-state index is -1.77. The van der Waals surface area contributed by atoms with Crippen molar-refractivity contribution in [3.8, 4) is 0 Å². The van der Waals surface area contributed by atoms with Gasteiger partial charge in [0.05, 0.1) is 39.6 Å². The van der Waals surface area contributed by atoms with E-state index in [4.69, 9.17) is 18.9 Å². The van der Waals surface area contributed by atoms with E-state index in [1.807, 2.05) is 0 Å². The number of allylic oxidation sites excluding steroid dienone is 2. The van der Waals surface area contributed by atoms with Crippen LogP contribution in [0.25, 0.3) is 0 Å². The maximum atomic E-state index is 12.8. The first-order valence-corrected chi connectivity index (χ1v) is 8.48. The van der Waals surface area contributed by atoms with Crippen molar-refractivity contribution < 1.29 is 38.1 Å². The van der Waals surface area contributed by atoms with E-state index in [0.29, 0.717) is 4.91 Å². The van der Waals surface area contributed by atoms with Crippen LogP contribution >= 0.6 is 11.8 Å². The van der Waals surface area contributed by atoms with E-state index in [1.54, 1.807) is 13.1 Å². The van der Waals surface area contributed by atoms with Gasteiger partial charge in [-0.2, -0.15) is 0 Å². The van der Waals surface area contributed by atoms with Crippen LogP contribution in [0, 0.1) is 0 Å². The van der Waals surface area contributed by atoms with Crippen LogP contribution in [-0.4, -0.2) is 62.1 Å². The third-order valence-electron chi connectivity index (χ3n) is 4.15. The van der Waals surface area contributed by atoms with Gasteiger partial charge in [-0.1, -0.05) is 11.8 Å². The van der Waals surface area contributed by atoms with Crippen LogP contribution in [0.5, 0.6) is 0 Å². The number of hydrogen-bond acceptors (Lipinski definition) is 10. The first-order chi connectivity index (χ1) is 12.7. The predicted octanol–water partition coefficient (Wildman–Crippen LogP) is 0.869. The molecule has 0 N–H and O–H groups in total. The van der Waals surface area contributed by atoms with Crippen LogP contribution in [0.4, 0.5) is 0 Å². The lowest BCUT2D eigenvalue weighted by atomic mass is 9.87. The Balaban J connectivity index is 3.01. The number of hydrogen-bond donors (Lipinski definition) is 0. The lowest BCUT2D eigenvalue weighted by Crippen LogP contribution is -2.54. The monoisotopic (exact) mass is 397 g/mol. The molecule has 0 saturated heterocycles. The van der Waals surface area contributed by atoms with Crippen molar-refractivity contribution >= 4 is 35.6 Å². The van der Waals surface area contributed by atoms with Gasteiger partial charge in [-0.05, 0) is 13.8 Å². The van der Waals surface area contributed by atoms with E-state index < -0.39 is 34.3 Å². The molecule has 0 bridgehead atoms. The molecule has 0 fully saturated rings. The SMILES string of the molecule is COC(=O)C1=C(C)N2C=C(C)SC2(C(=O)OC)C(C(=O)OC)=C1C(=O)OC. The molecule has 0 radical (unpaired) electrons. The number of esters is 4. The van der Waals surface area contributed by atoms with Crippen LogP contribution in [-0.2, 0) is 38.1 Å². The smallest absolute Gasteiger partial charge is 0.348 e. The molecule has 10 heteroatoms. The second-order valence-corrected chi connectivity index (χ2v) is 6.97. The lowest BCUT2D eigenvalue weighted by Gasteiger charge is -2.41. The Bertz CT molecular complexity index is 825. The second-order valence-electron chi connectivity index (χ2n) is 5.53. The molecule has 27 heavy (non-hydrogen) atoms. The van der Waals surface area contributed by atoms with E-state index in [9.17, 15) is 19.2 Å². The number of carbonyl (C=O) groups excluding carboxylic acids is 4. The molecule has 2 rings (SSSR count). The molecular formula is C17H19NO8S. The summed E-state index contributed by atoms with van der Waals surface area (Å²) in [4.78, 5) is 50.8. The van der Waals surface area contributed by atoms with Gasteiger partial charge in [0.2, 0.25) is 4.87 Å². The van der Waals surface area contributed by atoms with E-state index in [0.717, 1.165) is 40.2 Å². The molecule has 2 heterocycles. The molecule has 0 aliphatic carbocycles. The Morgan fingerprint density at radius 1 is 0.852 bits per heavy atom. The summed E-state index contributed by atoms with van der Waals surface area (Å²) in [6.45, 7) is 3.24. The van der Waals surface area contributed by atoms with Gasteiger partial charge < -0.3 is 23.8 Å². The lowest BCUT2D eigenvalue weighted by molar-refractivity contribution is -0.150. The molecule has 1 atom stereocenters. The summed E-state index contributed by atoms with van der Waals surface area (Å²) < 4.78 is 19.3. The zero-order chi connectivity index (χ0) is 20.5. The van der Waals surface area contributed by atoms with Crippen molar-refractivity contribution in [2.75, 3.05) is 28.4 Å². The van der Waals surface area contributed by atoms with E-state index in [-0.39, 0.29) is 16.8 Å². The molecule has 0 aromatic heterocycles.